The molecule has 1 heterocycles. The standard InChI is InChI=1S/C30H29FN2O2S/c1-20-10-16-24(17-11-20)32-29(34)22-14-12-21(13-15-22)18-28-30(35)33(19-23-6-2-3-7-25(23)31)26-8-4-5-9-27(26)36-28/h2-9,12-15,18,20,24H,10-11,16-17,19H2,1H3,(H,32,34)/b28-18-. The van der Waals surface area contributed by atoms with Gasteiger partial charge in [0.05, 0.1) is 17.1 Å². The quantitative estimate of drug-likeness (QED) is 0.391. The van der Waals surface area contributed by atoms with Crippen LogP contribution in [-0.2, 0) is 11.3 Å². The van der Waals surface area contributed by atoms with Gasteiger partial charge in [-0.25, -0.2) is 4.39 Å². The molecule has 184 valence electrons. The first kappa shape index (κ1) is 24.3. The lowest BCUT2D eigenvalue weighted by Gasteiger charge is -2.30. The molecule has 6 heteroatoms. The second-order valence-corrected chi connectivity index (χ2v) is 10.7. The molecule has 1 aliphatic heterocycles. The zero-order chi connectivity index (χ0) is 25.1. The summed E-state index contributed by atoms with van der Waals surface area (Å²) >= 11 is 1.41. The highest BCUT2D eigenvalue weighted by Gasteiger charge is 2.29. The molecule has 1 fully saturated rings. The van der Waals surface area contributed by atoms with Crippen LogP contribution in [0.3, 0.4) is 0 Å². The summed E-state index contributed by atoms with van der Waals surface area (Å²) in [5.74, 6) is 0.181. The molecule has 0 bridgehead atoms. The SMILES string of the molecule is CC1CCC(NC(=O)c2ccc(/C=C3\Sc4ccccc4N(Cc4ccccc4F)C3=O)cc2)CC1. The number of amides is 2. The number of para-hydroxylation sites is 1. The third-order valence-corrected chi connectivity index (χ3v) is 8.02. The largest absolute Gasteiger partial charge is 0.349 e. The molecule has 3 aromatic rings. The maximum Gasteiger partial charge on any atom is 0.265 e. The summed E-state index contributed by atoms with van der Waals surface area (Å²) in [4.78, 5) is 29.3. The van der Waals surface area contributed by atoms with E-state index in [1.54, 1.807) is 35.2 Å². The van der Waals surface area contributed by atoms with Crippen molar-refractivity contribution in [2.75, 3.05) is 4.90 Å². The van der Waals surface area contributed by atoms with Gasteiger partial charge in [-0.1, -0.05) is 61.2 Å². The lowest BCUT2D eigenvalue weighted by Crippen LogP contribution is -2.37. The minimum Gasteiger partial charge on any atom is -0.349 e. The molecule has 2 amide bonds. The number of nitrogens with one attached hydrogen (secondary N) is 1. The number of carbonyl (C=O) groups is 2. The third-order valence-electron chi connectivity index (χ3n) is 6.94. The van der Waals surface area contributed by atoms with Gasteiger partial charge in [0, 0.05) is 22.1 Å². The topological polar surface area (TPSA) is 49.4 Å². The Morgan fingerprint density at radius 2 is 1.69 bits per heavy atom. The van der Waals surface area contributed by atoms with Gasteiger partial charge in [0.25, 0.3) is 11.8 Å². The van der Waals surface area contributed by atoms with Crippen molar-refractivity contribution in [2.45, 2.75) is 50.1 Å². The molecule has 0 unspecified atom stereocenters. The summed E-state index contributed by atoms with van der Waals surface area (Å²) in [5.41, 5.74) is 2.69. The molecule has 0 aromatic heterocycles. The Morgan fingerprint density at radius 3 is 2.44 bits per heavy atom. The van der Waals surface area contributed by atoms with Crippen LogP contribution in [-0.4, -0.2) is 17.9 Å². The monoisotopic (exact) mass is 500 g/mol. The summed E-state index contributed by atoms with van der Waals surface area (Å²) in [7, 11) is 0. The van der Waals surface area contributed by atoms with Crippen molar-refractivity contribution < 1.29 is 14.0 Å². The van der Waals surface area contributed by atoms with Crippen LogP contribution in [0.15, 0.2) is 82.6 Å². The van der Waals surface area contributed by atoms with Gasteiger partial charge in [-0.05, 0) is 73.6 Å². The molecule has 0 spiro atoms. The van der Waals surface area contributed by atoms with E-state index >= 15 is 0 Å². The predicted molar refractivity (Wildman–Crippen MR) is 143 cm³/mol. The lowest BCUT2D eigenvalue weighted by molar-refractivity contribution is -0.114. The van der Waals surface area contributed by atoms with Crippen molar-refractivity contribution in [3.05, 3.63) is 100 Å². The number of hydrogen-bond donors (Lipinski definition) is 1. The fourth-order valence-corrected chi connectivity index (χ4v) is 5.83. The van der Waals surface area contributed by atoms with Crippen LogP contribution >= 0.6 is 11.8 Å². The average Bonchev–Trinajstić information content (AvgIpc) is 2.89. The summed E-state index contributed by atoms with van der Waals surface area (Å²) in [6, 6.07) is 21.8. The van der Waals surface area contributed by atoms with E-state index in [-0.39, 0.29) is 30.2 Å². The summed E-state index contributed by atoms with van der Waals surface area (Å²) < 4.78 is 14.4. The van der Waals surface area contributed by atoms with E-state index in [0.717, 1.165) is 47.7 Å². The molecule has 1 saturated carbocycles. The summed E-state index contributed by atoms with van der Waals surface area (Å²) in [6.07, 6.45) is 6.20. The van der Waals surface area contributed by atoms with E-state index in [9.17, 15) is 14.0 Å². The van der Waals surface area contributed by atoms with Crippen molar-refractivity contribution in [1.29, 1.82) is 0 Å². The zero-order valence-electron chi connectivity index (χ0n) is 20.2. The summed E-state index contributed by atoms with van der Waals surface area (Å²) in [6.45, 7) is 2.41. The number of nitrogens with zero attached hydrogens (tertiary/aromatic N) is 1. The molecular weight excluding hydrogens is 471 g/mol. The second kappa shape index (κ2) is 10.7. The molecule has 2 aliphatic rings. The molecule has 0 radical (unpaired) electrons. The van der Waals surface area contributed by atoms with Gasteiger partial charge in [0.2, 0.25) is 0 Å². The van der Waals surface area contributed by atoms with Crippen LogP contribution < -0.4 is 10.2 Å². The van der Waals surface area contributed by atoms with Crippen LogP contribution in [0.4, 0.5) is 10.1 Å². The first-order valence-corrected chi connectivity index (χ1v) is 13.2. The Labute approximate surface area is 215 Å². The van der Waals surface area contributed by atoms with Gasteiger partial charge < -0.3 is 10.2 Å². The Hall–Kier alpha value is -3.38. The lowest BCUT2D eigenvalue weighted by atomic mass is 9.87. The molecule has 0 atom stereocenters. The molecule has 4 nitrogen and oxygen atoms in total. The van der Waals surface area contributed by atoms with E-state index in [2.05, 4.69) is 12.2 Å². The van der Waals surface area contributed by atoms with Crippen molar-refractivity contribution >= 4 is 35.3 Å². The number of anilines is 1. The number of fused-ring (bicyclic) bond motifs is 1. The van der Waals surface area contributed by atoms with E-state index < -0.39 is 0 Å². The van der Waals surface area contributed by atoms with Crippen LogP contribution in [0.2, 0.25) is 0 Å². The average molecular weight is 501 g/mol. The first-order chi connectivity index (χ1) is 17.5. The Bertz CT molecular complexity index is 1300. The molecule has 1 N–H and O–H groups in total. The van der Waals surface area contributed by atoms with Crippen molar-refractivity contribution in [2.24, 2.45) is 5.92 Å². The molecule has 36 heavy (non-hydrogen) atoms. The van der Waals surface area contributed by atoms with Crippen LogP contribution in [0.5, 0.6) is 0 Å². The van der Waals surface area contributed by atoms with Gasteiger partial charge >= 0.3 is 0 Å². The van der Waals surface area contributed by atoms with Crippen molar-refractivity contribution in [1.82, 2.24) is 5.32 Å². The highest BCUT2D eigenvalue weighted by atomic mass is 32.2. The number of carbonyl (C=O) groups excluding carboxylic acids is 2. The molecular formula is C30H29FN2O2S. The fourth-order valence-electron chi connectivity index (χ4n) is 4.77. The van der Waals surface area contributed by atoms with Crippen LogP contribution in [0, 0.1) is 11.7 Å². The summed E-state index contributed by atoms with van der Waals surface area (Å²) in [5, 5.41) is 3.16. The maximum absolute atomic E-state index is 14.4. The Morgan fingerprint density at radius 1 is 1.00 bits per heavy atom. The molecule has 5 rings (SSSR count). The number of thioether (sulfide) groups is 1. The highest BCUT2D eigenvalue weighted by Crippen LogP contribution is 2.42. The van der Waals surface area contributed by atoms with E-state index in [4.69, 9.17) is 0 Å². The first-order valence-electron chi connectivity index (χ1n) is 12.4. The fraction of sp³-hybridized carbons (Fsp3) is 0.267. The maximum atomic E-state index is 14.4. The van der Waals surface area contributed by atoms with Crippen LogP contribution in [0.25, 0.3) is 6.08 Å². The van der Waals surface area contributed by atoms with Gasteiger partial charge in [0.15, 0.2) is 0 Å². The van der Waals surface area contributed by atoms with E-state index in [1.165, 1.54) is 17.8 Å². The second-order valence-electron chi connectivity index (χ2n) is 9.61. The minimum absolute atomic E-state index is 0.0538. The highest BCUT2D eigenvalue weighted by molar-refractivity contribution is 8.04. The number of halogens is 1. The Kier molecular flexibility index (Phi) is 7.23. The van der Waals surface area contributed by atoms with Gasteiger partial charge in [0.1, 0.15) is 5.82 Å². The molecule has 0 saturated heterocycles. The zero-order valence-corrected chi connectivity index (χ0v) is 21.1. The van der Waals surface area contributed by atoms with Gasteiger partial charge in [-0.15, -0.1) is 0 Å². The Balaban J connectivity index is 1.34. The van der Waals surface area contributed by atoms with Gasteiger partial charge in [-0.2, -0.15) is 0 Å². The predicted octanol–water partition coefficient (Wildman–Crippen LogP) is 6.81. The van der Waals surface area contributed by atoms with Crippen molar-refractivity contribution in [3.63, 3.8) is 0 Å². The molecule has 1 aliphatic carbocycles. The number of rotatable bonds is 5. The van der Waals surface area contributed by atoms with E-state index in [1.807, 2.05) is 42.5 Å². The third kappa shape index (κ3) is 5.39. The minimum atomic E-state index is -0.330. The number of hydrogen-bond acceptors (Lipinski definition) is 3. The van der Waals surface area contributed by atoms with Crippen LogP contribution in [0.1, 0.15) is 54.1 Å². The normalized spacial score (nSPS) is 20.8. The number of benzene rings is 3. The van der Waals surface area contributed by atoms with Gasteiger partial charge in [-0.3, -0.25) is 9.59 Å². The molecule has 3 aromatic carbocycles. The van der Waals surface area contributed by atoms with E-state index in [0.29, 0.717) is 16.0 Å². The van der Waals surface area contributed by atoms with Crippen molar-refractivity contribution in [3.8, 4) is 0 Å². The smallest absolute Gasteiger partial charge is 0.265 e.